The Balaban J connectivity index is 0.000000686. The lowest BCUT2D eigenvalue weighted by atomic mass is 10.1. The normalized spacial score (nSPS) is 14.4. The standard InChI is InChI=1S/C14H16S.C2H6/c1-11-6-8-13(9-7-11)15-14-5-3-4-12(2)10-14;1-2/h5-10H,3-4H2,1-2H3;1-2H3. The summed E-state index contributed by atoms with van der Waals surface area (Å²) in [4.78, 5) is 2.72. The van der Waals surface area contributed by atoms with E-state index in [2.05, 4.69) is 50.3 Å². The topological polar surface area (TPSA) is 0 Å². The van der Waals surface area contributed by atoms with E-state index in [0.717, 1.165) is 0 Å². The van der Waals surface area contributed by atoms with Crippen LogP contribution < -0.4 is 0 Å². The number of benzene rings is 1. The van der Waals surface area contributed by atoms with Crippen LogP contribution in [0.15, 0.2) is 51.8 Å². The van der Waals surface area contributed by atoms with Gasteiger partial charge in [-0.25, -0.2) is 0 Å². The first-order valence-corrected chi connectivity index (χ1v) is 7.17. The molecule has 0 nitrogen and oxygen atoms in total. The first-order chi connectivity index (χ1) is 8.24. The highest BCUT2D eigenvalue weighted by molar-refractivity contribution is 8.03. The first-order valence-electron chi connectivity index (χ1n) is 6.36. The Hall–Kier alpha value is -0.950. The van der Waals surface area contributed by atoms with Crippen molar-refractivity contribution in [2.24, 2.45) is 0 Å². The third-order valence-electron chi connectivity index (χ3n) is 2.53. The molecule has 0 radical (unpaired) electrons. The van der Waals surface area contributed by atoms with Crippen molar-refractivity contribution < 1.29 is 0 Å². The van der Waals surface area contributed by atoms with E-state index in [1.807, 2.05) is 25.6 Å². The van der Waals surface area contributed by atoms with Crippen LogP contribution >= 0.6 is 11.8 Å². The average molecular weight is 246 g/mol. The van der Waals surface area contributed by atoms with Crippen molar-refractivity contribution in [1.82, 2.24) is 0 Å². The molecule has 0 aromatic heterocycles. The van der Waals surface area contributed by atoms with E-state index in [1.165, 1.54) is 33.8 Å². The van der Waals surface area contributed by atoms with E-state index in [-0.39, 0.29) is 0 Å². The van der Waals surface area contributed by atoms with Gasteiger partial charge in [0.1, 0.15) is 0 Å². The van der Waals surface area contributed by atoms with Crippen LogP contribution in [0.2, 0.25) is 0 Å². The molecule has 0 bridgehead atoms. The van der Waals surface area contributed by atoms with Gasteiger partial charge in [-0.2, -0.15) is 0 Å². The largest absolute Gasteiger partial charge is 0.0904 e. The second kappa shape index (κ2) is 7.39. The van der Waals surface area contributed by atoms with E-state index in [4.69, 9.17) is 0 Å². The summed E-state index contributed by atoms with van der Waals surface area (Å²) < 4.78 is 0. The number of hydrogen-bond acceptors (Lipinski definition) is 1. The summed E-state index contributed by atoms with van der Waals surface area (Å²) in [6.45, 7) is 8.33. The monoisotopic (exact) mass is 246 g/mol. The molecule has 1 aromatic carbocycles. The molecule has 0 fully saturated rings. The van der Waals surface area contributed by atoms with Crippen molar-refractivity contribution in [3.8, 4) is 0 Å². The maximum atomic E-state index is 2.33. The van der Waals surface area contributed by atoms with Gasteiger partial charge in [0.15, 0.2) is 0 Å². The van der Waals surface area contributed by atoms with Gasteiger partial charge in [0.05, 0.1) is 0 Å². The van der Waals surface area contributed by atoms with Gasteiger partial charge in [0.2, 0.25) is 0 Å². The van der Waals surface area contributed by atoms with Crippen molar-refractivity contribution in [2.75, 3.05) is 0 Å². The number of rotatable bonds is 2. The molecule has 0 aliphatic heterocycles. The molecule has 0 amide bonds. The predicted molar refractivity (Wildman–Crippen MR) is 79.5 cm³/mol. The second-order valence-electron chi connectivity index (χ2n) is 4.05. The highest BCUT2D eigenvalue weighted by Gasteiger charge is 2.03. The number of aryl methyl sites for hydroxylation is 1. The Kier molecular flexibility index (Phi) is 6.13. The molecule has 1 aliphatic rings. The van der Waals surface area contributed by atoms with Gasteiger partial charge in [-0.05, 0) is 44.9 Å². The third-order valence-corrected chi connectivity index (χ3v) is 3.56. The van der Waals surface area contributed by atoms with Gasteiger partial charge in [-0.1, -0.05) is 55.0 Å². The quantitative estimate of drug-likeness (QED) is 0.641. The van der Waals surface area contributed by atoms with E-state index < -0.39 is 0 Å². The Labute approximate surface area is 110 Å². The molecule has 92 valence electrons. The van der Waals surface area contributed by atoms with Crippen LogP contribution in [0.4, 0.5) is 0 Å². The van der Waals surface area contributed by atoms with Crippen molar-refractivity contribution in [3.63, 3.8) is 0 Å². The molecule has 0 atom stereocenters. The summed E-state index contributed by atoms with van der Waals surface area (Å²) >= 11 is 1.86. The molecule has 17 heavy (non-hydrogen) atoms. The van der Waals surface area contributed by atoms with Gasteiger partial charge in [0, 0.05) is 9.80 Å². The average Bonchev–Trinajstić information content (AvgIpc) is 2.35. The molecule has 1 aliphatic carbocycles. The fourth-order valence-corrected chi connectivity index (χ4v) is 2.64. The lowest BCUT2D eigenvalue weighted by Gasteiger charge is -2.10. The predicted octanol–water partition coefficient (Wildman–Crippen LogP) is 5.74. The van der Waals surface area contributed by atoms with Crippen molar-refractivity contribution >= 4 is 11.8 Å². The molecule has 0 N–H and O–H groups in total. The summed E-state index contributed by atoms with van der Waals surface area (Å²) in [5.74, 6) is 0. The van der Waals surface area contributed by atoms with Gasteiger partial charge in [-0.15, -0.1) is 0 Å². The summed E-state index contributed by atoms with van der Waals surface area (Å²) in [5, 5.41) is 0. The Morgan fingerprint density at radius 3 is 2.24 bits per heavy atom. The summed E-state index contributed by atoms with van der Waals surface area (Å²) in [6.07, 6.45) is 7.04. The van der Waals surface area contributed by atoms with E-state index >= 15 is 0 Å². The molecular formula is C16H22S. The molecule has 2 rings (SSSR count). The Morgan fingerprint density at radius 1 is 1.00 bits per heavy atom. The molecule has 0 heterocycles. The van der Waals surface area contributed by atoms with Gasteiger partial charge < -0.3 is 0 Å². The first kappa shape index (κ1) is 14.1. The lowest BCUT2D eigenvalue weighted by molar-refractivity contribution is 0.958. The van der Waals surface area contributed by atoms with Crippen molar-refractivity contribution in [3.05, 3.63) is 52.5 Å². The lowest BCUT2D eigenvalue weighted by Crippen LogP contribution is -1.86. The smallest absolute Gasteiger partial charge is 0.0122 e. The highest BCUT2D eigenvalue weighted by Crippen LogP contribution is 2.31. The minimum atomic E-state index is 1.19. The van der Waals surface area contributed by atoms with Gasteiger partial charge in [0.25, 0.3) is 0 Å². The van der Waals surface area contributed by atoms with E-state index in [9.17, 15) is 0 Å². The molecule has 0 unspecified atom stereocenters. The number of allylic oxidation sites excluding steroid dienone is 3. The minimum Gasteiger partial charge on any atom is -0.0904 e. The van der Waals surface area contributed by atoms with Crippen LogP contribution in [0.5, 0.6) is 0 Å². The molecule has 0 spiro atoms. The maximum absolute atomic E-state index is 2.33. The van der Waals surface area contributed by atoms with Crippen LogP contribution in [-0.2, 0) is 0 Å². The zero-order valence-corrected chi connectivity index (χ0v) is 12.1. The molecular weight excluding hydrogens is 224 g/mol. The summed E-state index contributed by atoms with van der Waals surface area (Å²) in [5.41, 5.74) is 2.82. The molecule has 1 aromatic rings. The second-order valence-corrected chi connectivity index (χ2v) is 5.20. The Bertz CT molecular complexity index is 396. The van der Waals surface area contributed by atoms with E-state index in [0.29, 0.717) is 0 Å². The van der Waals surface area contributed by atoms with Crippen LogP contribution in [0.1, 0.15) is 39.2 Å². The van der Waals surface area contributed by atoms with Crippen molar-refractivity contribution in [1.29, 1.82) is 0 Å². The SMILES string of the molecule is CC.CC1=CC(Sc2ccc(C)cc2)=CCC1. The highest BCUT2D eigenvalue weighted by atomic mass is 32.2. The van der Waals surface area contributed by atoms with Gasteiger partial charge >= 0.3 is 0 Å². The molecule has 0 saturated heterocycles. The minimum absolute atomic E-state index is 1.19. The van der Waals surface area contributed by atoms with Crippen LogP contribution in [-0.4, -0.2) is 0 Å². The molecule has 0 saturated carbocycles. The van der Waals surface area contributed by atoms with Gasteiger partial charge in [-0.3, -0.25) is 0 Å². The fourth-order valence-electron chi connectivity index (χ4n) is 1.63. The number of thioether (sulfide) groups is 1. The third kappa shape index (κ3) is 4.82. The zero-order valence-electron chi connectivity index (χ0n) is 11.3. The fraction of sp³-hybridized carbons (Fsp3) is 0.375. The Morgan fingerprint density at radius 2 is 1.65 bits per heavy atom. The zero-order chi connectivity index (χ0) is 12.7. The van der Waals surface area contributed by atoms with Crippen LogP contribution in [0, 0.1) is 6.92 Å². The van der Waals surface area contributed by atoms with Crippen molar-refractivity contribution in [2.45, 2.75) is 45.4 Å². The van der Waals surface area contributed by atoms with Crippen LogP contribution in [0.3, 0.4) is 0 Å². The summed E-state index contributed by atoms with van der Waals surface area (Å²) in [6, 6.07) is 8.72. The summed E-state index contributed by atoms with van der Waals surface area (Å²) in [7, 11) is 0. The number of hydrogen-bond donors (Lipinski definition) is 0. The molecule has 1 heteroatoms. The maximum Gasteiger partial charge on any atom is 0.0122 e. The van der Waals surface area contributed by atoms with Crippen LogP contribution in [0.25, 0.3) is 0 Å². The van der Waals surface area contributed by atoms with E-state index in [1.54, 1.807) is 0 Å².